The molecule has 0 aromatic heterocycles. The maximum absolute atomic E-state index is 10.8. The number of halogens is 1. The first-order chi connectivity index (χ1) is 7.34. The second-order valence-corrected chi connectivity index (χ2v) is 4.88. The fourth-order valence-corrected chi connectivity index (χ4v) is 2.13. The normalized spacial score (nSPS) is 12.5. The molecule has 2 N–H and O–H groups in total. The highest BCUT2D eigenvalue weighted by Crippen LogP contribution is 2.33. The van der Waals surface area contributed by atoms with Crippen molar-refractivity contribution in [2.45, 2.75) is 27.2 Å². The first-order valence-electron chi connectivity index (χ1n) is 5.05. The summed E-state index contributed by atoms with van der Waals surface area (Å²) in [5, 5.41) is 18.6. The number of phenolic OH excluding ortho intramolecular Hbond substituents is 1. The van der Waals surface area contributed by atoms with Gasteiger partial charge in [-0.2, -0.15) is 0 Å². The Bertz CT molecular complexity index is 427. The van der Waals surface area contributed by atoms with Gasteiger partial charge in [0.05, 0.1) is 10.4 Å². The summed E-state index contributed by atoms with van der Waals surface area (Å²) in [7, 11) is 0. The number of phenols is 1. The van der Waals surface area contributed by atoms with Gasteiger partial charge in [0.15, 0.2) is 0 Å². The summed E-state index contributed by atoms with van der Waals surface area (Å²) >= 11 is 3.31. The molecular formula is C12H15BrO3. The number of carboxylic acids is 1. The van der Waals surface area contributed by atoms with Crippen LogP contribution < -0.4 is 0 Å². The lowest BCUT2D eigenvalue weighted by atomic mass is 9.95. The highest BCUT2D eigenvalue weighted by atomic mass is 79.9. The van der Waals surface area contributed by atoms with E-state index in [4.69, 9.17) is 5.11 Å². The van der Waals surface area contributed by atoms with E-state index in [0.29, 0.717) is 10.9 Å². The van der Waals surface area contributed by atoms with E-state index in [0.717, 1.165) is 16.7 Å². The molecule has 0 heterocycles. The minimum atomic E-state index is -0.804. The van der Waals surface area contributed by atoms with Crippen LogP contribution in [0.15, 0.2) is 10.5 Å². The van der Waals surface area contributed by atoms with Crippen LogP contribution in [0.3, 0.4) is 0 Å². The molecule has 0 aliphatic carbocycles. The Morgan fingerprint density at radius 2 is 2.06 bits per heavy atom. The van der Waals surface area contributed by atoms with Gasteiger partial charge in [0.25, 0.3) is 0 Å². The Morgan fingerprint density at radius 3 is 2.56 bits per heavy atom. The summed E-state index contributed by atoms with van der Waals surface area (Å²) in [6.45, 7) is 5.35. The van der Waals surface area contributed by atoms with Crippen LogP contribution in [0, 0.1) is 19.8 Å². The molecule has 1 aromatic carbocycles. The second-order valence-electron chi connectivity index (χ2n) is 4.08. The quantitative estimate of drug-likeness (QED) is 0.898. The van der Waals surface area contributed by atoms with Crippen molar-refractivity contribution in [1.82, 2.24) is 0 Å². The Balaban J connectivity index is 3.11. The topological polar surface area (TPSA) is 57.5 Å². The third-order valence-electron chi connectivity index (χ3n) is 2.73. The largest absolute Gasteiger partial charge is 0.506 e. The molecule has 1 aromatic rings. The van der Waals surface area contributed by atoms with Crippen molar-refractivity contribution >= 4 is 21.9 Å². The predicted octanol–water partition coefficient (Wildman–Crippen LogP) is 3.03. The van der Waals surface area contributed by atoms with E-state index in [1.165, 1.54) is 0 Å². The van der Waals surface area contributed by atoms with Crippen LogP contribution in [0.4, 0.5) is 0 Å². The van der Waals surface area contributed by atoms with Gasteiger partial charge in [0.2, 0.25) is 0 Å². The highest BCUT2D eigenvalue weighted by Gasteiger charge is 2.16. The molecule has 0 amide bonds. The van der Waals surface area contributed by atoms with Crippen molar-refractivity contribution in [3.63, 3.8) is 0 Å². The van der Waals surface area contributed by atoms with E-state index in [1.54, 1.807) is 13.8 Å². The van der Waals surface area contributed by atoms with Gasteiger partial charge >= 0.3 is 5.97 Å². The number of aryl methyl sites for hydroxylation is 1. The third kappa shape index (κ3) is 2.55. The molecular weight excluding hydrogens is 272 g/mol. The predicted molar refractivity (Wildman–Crippen MR) is 65.8 cm³/mol. The number of carbonyl (C=O) groups is 1. The molecule has 88 valence electrons. The molecule has 1 rings (SSSR count). The summed E-state index contributed by atoms with van der Waals surface area (Å²) in [6, 6.07) is 1.84. The third-order valence-corrected chi connectivity index (χ3v) is 3.70. The number of hydrogen-bond donors (Lipinski definition) is 2. The lowest BCUT2D eigenvalue weighted by Crippen LogP contribution is -2.13. The molecule has 0 aliphatic rings. The number of aromatic hydroxyl groups is 1. The smallest absolute Gasteiger partial charge is 0.306 e. The molecule has 0 fully saturated rings. The molecule has 16 heavy (non-hydrogen) atoms. The summed E-state index contributed by atoms with van der Waals surface area (Å²) < 4.78 is 0.653. The fraction of sp³-hybridized carbons (Fsp3) is 0.417. The Hall–Kier alpha value is -1.03. The standard InChI is InChI=1S/C12H15BrO3/c1-6-4-9(5-7(2)12(15)16)8(3)10(13)11(6)14/h4,7,14H,5H2,1-3H3,(H,15,16). The van der Waals surface area contributed by atoms with Gasteiger partial charge in [-0.1, -0.05) is 13.0 Å². The van der Waals surface area contributed by atoms with E-state index in [9.17, 15) is 9.90 Å². The molecule has 0 saturated heterocycles. The van der Waals surface area contributed by atoms with Crippen LogP contribution in [0.2, 0.25) is 0 Å². The first-order valence-corrected chi connectivity index (χ1v) is 5.84. The zero-order valence-electron chi connectivity index (χ0n) is 9.54. The van der Waals surface area contributed by atoms with Gasteiger partial charge < -0.3 is 10.2 Å². The Labute approximate surface area is 103 Å². The van der Waals surface area contributed by atoms with Gasteiger partial charge in [-0.3, -0.25) is 4.79 Å². The van der Waals surface area contributed by atoms with E-state index in [2.05, 4.69) is 15.9 Å². The summed E-state index contributed by atoms with van der Waals surface area (Å²) in [5.41, 5.74) is 2.61. The van der Waals surface area contributed by atoms with Crippen molar-refractivity contribution in [3.05, 3.63) is 27.2 Å². The van der Waals surface area contributed by atoms with E-state index >= 15 is 0 Å². The number of carboxylic acid groups (broad SMARTS) is 1. The molecule has 0 aliphatic heterocycles. The molecule has 0 bridgehead atoms. The van der Waals surface area contributed by atoms with E-state index in [-0.39, 0.29) is 5.75 Å². The maximum atomic E-state index is 10.8. The van der Waals surface area contributed by atoms with Gasteiger partial charge in [-0.05, 0) is 52.9 Å². The molecule has 0 saturated carbocycles. The maximum Gasteiger partial charge on any atom is 0.306 e. The zero-order valence-corrected chi connectivity index (χ0v) is 11.1. The highest BCUT2D eigenvalue weighted by molar-refractivity contribution is 9.10. The first kappa shape index (κ1) is 13.0. The number of rotatable bonds is 3. The molecule has 4 heteroatoms. The molecule has 0 spiro atoms. The van der Waals surface area contributed by atoms with Crippen molar-refractivity contribution < 1.29 is 15.0 Å². The Morgan fingerprint density at radius 1 is 1.50 bits per heavy atom. The zero-order chi connectivity index (χ0) is 12.5. The minimum Gasteiger partial charge on any atom is -0.506 e. The monoisotopic (exact) mass is 286 g/mol. The van der Waals surface area contributed by atoms with E-state index < -0.39 is 11.9 Å². The number of hydrogen-bond acceptors (Lipinski definition) is 2. The van der Waals surface area contributed by atoms with Crippen LogP contribution in [0.5, 0.6) is 5.75 Å². The van der Waals surface area contributed by atoms with Crippen molar-refractivity contribution in [2.24, 2.45) is 5.92 Å². The average molecular weight is 287 g/mol. The van der Waals surface area contributed by atoms with Crippen molar-refractivity contribution in [3.8, 4) is 5.75 Å². The number of aliphatic carboxylic acids is 1. The minimum absolute atomic E-state index is 0.226. The average Bonchev–Trinajstić information content (AvgIpc) is 2.22. The van der Waals surface area contributed by atoms with Crippen molar-refractivity contribution in [2.75, 3.05) is 0 Å². The lowest BCUT2D eigenvalue weighted by Gasteiger charge is -2.13. The Kier molecular flexibility index (Phi) is 3.97. The van der Waals surface area contributed by atoms with Crippen LogP contribution in [-0.2, 0) is 11.2 Å². The fourth-order valence-electron chi connectivity index (χ4n) is 1.56. The molecule has 3 nitrogen and oxygen atoms in total. The molecule has 0 radical (unpaired) electrons. The lowest BCUT2D eigenvalue weighted by molar-refractivity contribution is -0.141. The van der Waals surface area contributed by atoms with Gasteiger partial charge in [0, 0.05) is 0 Å². The van der Waals surface area contributed by atoms with Crippen LogP contribution in [0.1, 0.15) is 23.6 Å². The SMILES string of the molecule is Cc1cc(CC(C)C(=O)O)c(C)c(Br)c1O. The summed E-state index contributed by atoms with van der Waals surface area (Å²) in [4.78, 5) is 10.8. The van der Waals surface area contributed by atoms with Crippen LogP contribution in [0.25, 0.3) is 0 Å². The van der Waals surface area contributed by atoms with Gasteiger partial charge in [0.1, 0.15) is 5.75 Å². The second kappa shape index (κ2) is 4.87. The van der Waals surface area contributed by atoms with E-state index in [1.807, 2.05) is 13.0 Å². The summed E-state index contributed by atoms with van der Waals surface area (Å²) in [5.74, 6) is -1.000. The summed E-state index contributed by atoms with van der Waals surface area (Å²) in [6.07, 6.45) is 0.473. The molecule has 1 atom stereocenters. The van der Waals surface area contributed by atoms with Gasteiger partial charge in [-0.15, -0.1) is 0 Å². The molecule has 1 unspecified atom stereocenters. The van der Waals surface area contributed by atoms with Gasteiger partial charge in [-0.25, -0.2) is 0 Å². The van der Waals surface area contributed by atoms with Crippen LogP contribution >= 0.6 is 15.9 Å². The number of benzene rings is 1. The van der Waals surface area contributed by atoms with Crippen LogP contribution in [-0.4, -0.2) is 16.2 Å². The van der Waals surface area contributed by atoms with Crippen molar-refractivity contribution in [1.29, 1.82) is 0 Å².